The molecule has 0 bridgehead atoms. The molecule has 0 heterocycles. The summed E-state index contributed by atoms with van der Waals surface area (Å²) in [6.07, 6.45) is 21.1. The second kappa shape index (κ2) is 17.8. The summed E-state index contributed by atoms with van der Waals surface area (Å²) in [6.45, 7) is 4.52. The lowest BCUT2D eigenvalue weighted by Gasteiger charge is -2.26. The third-order valence-corrected chi connectivity index (χ3v) is 9.13. The molecule has 44 heavy (non-hydrogen) atoms. The first-order valence-corrected chi connectivity index (χ1v) is 17.5. The zero-order valence-corrected chi connectivity index (χ0v) is 27.5. The SMILES string of the molecule is CCCCCCCCCCCc1cc(Nc2ccc(CCCCCCCC)cc2)c2c(c1NC)C(=O)c1ccccc1C2=O. The van der Waals surface area contributed by atoms with Gasteiger partial charge >= 0.3 is 0 Å². The van der Waals surface area contributed by atoms with E-state index in [1.165, 1.54) is 95.5 Å². The highest BCUT2D eigenvalue weighted by Gasteiger charge is 2.35. The smallest absolute Gasteiger partial charge is 0.196 e. The highest BCUT2D eigenvalue weighted by atomic mass is 16.1. The molecule has 4 nitrogen and oxygen atoms in total. The van der Waals surface area contributed by atoms with Gasteiger partial charge in [0.25, 0.3) is 0 Å². The molecule has 0 fully saturated rings. The van der Waals surface area contributed by atoms with E-state index in [0.29, 0.717) is 22.3 Å². The molecule has 1 aliphatic carbocycles. The summed E-state index contributed by atoms with van der Waals surface area (Å²) >= 11 is 0. The largest absolute Gasteiger partial charge is 0.387 e. The predicted octanol–water partition coefficient (Wildman–Crippen LogP) is 11.2. The van der Waals surface area contributed by atoms with Crippen molar-refractivity contribution in [2.75, 3.05) is 17.7 Å². The van der Waals surface area contributed by atoms with Crippen LogP contribution in [0.3, 0.4) is 0 Å². The minimum atomic E-state index is -0.0940. The number of fused-ring (bicyclic) bond motifs is 2. The van der Waals surface area contributed by atoms with Crippen LogP contribution in [0.5, 0.6) is 0 Å². The van der Waals surface area contributed by atoms with E-state index >= 15 is 0 Å². The van der Waals surface area contributed by atoms with Gasteiger partial charge in [0.1, 0.15) is 0 Å². The normalized spacial score (nSPS) is 12.2. The number of rotatable bonds is 20. The lowest BCUT2D eigenvalue weighted by atomic mass is 9.80. The molecule has 0 saturated carbocycles. The molecule has 0 atom stereocenters. The second-order valence-corrected chi connectivity index (χ2v) is 12.6. The fourth-order valence-electron chi connectivity index (χ4n) is 6.58. The van der Waals surface area contributed by atoms with Gasteiger partial charge in [0.2, 0.25) is 0 Å². The predicted molar refractivity (Wildman–Crippen MR) is 187 cm³/mol. The number of hydrogen-bond donors (Lipinski definition) is 2. The Kier molecular flexibility index (Phi) is 13.5. The molecule has 3 aromatic carbocycles. The van der Waals surface area contributed by atoms with Crippen molar-refractivity contribution in [2.45, 2.75) is 123 Å². The lowest BCUT2D eigenvalue weighted by Crippen LogP contribution is -2.24. The van der Waals surface area contributed by atoms with Gasteiger partial charge in [0, 0.05) is 29.5 Å². The van der Waals surface area contributed by atoms with Crippen LogP contribution in [0, 0.1) is 0 Å². The Labute approximate surface area is 266 Å². The molecule has 0 amide bonds. The second-order valence-electron chi connectivity index (χ2n) is 12.6. The maximum absolute atomic E-state index is 13.9. The molecule has 4 rings (SSSR count). The van der Waals surface area contributed by atoms with Crippen LogP contribution < -0.4 is 10.6 Å². The molecular formula is C40H54N2O2. The number of ketones is 2. The van der Waals surface area contributed by atoms with Gasteiger partial charge in [0.05, 0.1) is 16.8 Å². The van der Waals surface area contributed by atoms with Crippen molar-refractivity contribution in [3.63, 3.8) is 0 Å². The van der Waals surface area contributed by atoms with Crippen LogP contribution in [0.25, 0.3) is 0 Å². The third-order valence-electron chi connectivity index (χ3n) is 9.13. The molecular weight excluding hydrogens is 540 g/mol. The summed E-state index contributed by atoms with van der Waals surface area (Å²) in [7, 11) is 1.86. The number of hydrogen-bond acceptors (Lipinski definition) is 4. The van der Waals surface area contributed by atoms with Gasteiger partial charge < -0.3 is 10.6 Å². The Morgan fingerprint density at radius 2 is 1.07 bits per heavy atom. The van der Waals surface area contributed by atoms with Crippen molar-refractivity contribution < 1.29 is 9.59 Å². The fraction of sp³-hybridized carbons (Fsp3) is 0.500. The monoisotopic (exact) mass is 594 g/mol. The highest BCUT2D eigenvalue weighted by molar-refractivity contribution is 6.32. The van der Waals surface area contributed by atoms with Gasteiger partial charge in [-0.3, -0.25) is 9.59 Å². The van der Waals surface area contributed by atoms with Crippen LogP contribution in [0.1, 0.15) is 153 Å². The molecule has 0 radical (unpaired) electrons. The molecule has 0 saturated heterocycles. The van der Waals surface area contributed by atoms with Gasteiger partial charge in [-0.05, 0) is 55.0 Å². The van der Waals surface area contributed by atoms with Crippen LogP contribution in [0.4, 0.5) is 17.1 Å². The number of unbranched alkanes of at least 4 members (excludes halogenated alkanes) is 13. The van der Waals surface area contributed by atoms with Gasteiger partial charge in [-0.1, -0.05) is 134 Å². The van der Waals surface area contributed by atoms with Crippen LogP contribution in [0.15, 0.2) is 54.6 Å². The average Bonchev–Trinajstić information content (AvgIpc) is 3.05. The standard InChI is InChI=1S/C40H54N2O2/c1-4-6-8-10-12-13-14-16-18-22-31-29-35(42-32-27-25-30(26-28-32)21-17-15-11-9-7-5-2)36-37(38(31)41-3)40(44)34-24-20-19-23-33(34)39(36)43/h19-20,23-29,41-42H,4-18,21-22H2,1-3H3. The van der Waals surface area contributed by atoms with Crippen LogP contribution in [0.2, 0.25) is 0 Å². The summed E-state index contributed by atoms with van der Waals surface area (Å²) < 4.78 is 0. The molecule has 0 unspecified atom stereocenters. The number of carbonyl (C=O) groups is 2. The van der Waals surface area contributed by atoms with E-state index in [9.17, 15) is 9.59 Å². The Morgan fingerprint density at radius 3 is 1.61 bits per heavy atom. The summed E-state index contributed by atoms with van der Waals surface area (Å²) in [5, 5.41) is 6.88. The number of carbonyl (C=O) groups excluding carboxylic acids is 2. The Hall–Kier alpha value is -3.40. The summed E-state index contributed by atoms with van der Waals surface area (Å²) in [5.41, 5.74) is 6.85. The molecule has 4 heteroatoms. The van der Waals surface area contributed by atoms with Crippen molar-refractivity contribution in [3.8, 4) is 0 Å². The summed E-state index contributed by atoms with van der Waals surface area (Å²) in [4.78, 5) is 27.8. The van der Waals surface area contributed by atoms with E-state index in [0.717, 1.165) is 41.9 Å². The number of benzene rings is 3. The number of anilines is 3. The van der Waals surface area contributed by atoms with Crippen molar-refractivity contribution in [1.82, 2.24) is 0 Å². The van der Waals surface area contributed by atoms with Crippen LogP contribution in [-0.4, -0.2) is 18.6 Å². The van der Waals surface area contributed by atoms with Gasteiger partial charge in [-0.15, -0.1) is 0 Å². The van der Waals surface area contributed by atoms with E-state index in [1.54, 1.807) is 12.1 Å². The first kappa shape index (κ1) is 33.5. The average molecular weight is 595 g/mol. The maximum Gasteiger partial charge on any atom is 0.196 e. The zero-order valence-electron chi connectivity index (χ0n) is 27.5. The van der Waals surface area contributed by atoms with Crippen LogP contribution >= 0.6 is 0 Å². The number of aryl methyl sites for hydroxylation is 2. The minimum absolute atomic E-state index is 0.0780. The van der Waals surface area contributed by atoms with E-state index < -0.39 is 0 Å². The zero-order chi connectivity index (χ0) is 31.1. The van der Waals surface area contributed by atoms with E-state index in [1.807, 2.05) is 19.2 Å². The first-order valence-electron chi connectivity index (χ1n) is 17.5. The van der Waals surface area contributed by atoms with E-state index in [4.69, 9.17) is 0 Å². The van der Waals surface area contributed by atoms with E-state index in [-0.39, 0.29) is 11.6 Å². The molecule has 0 aromatic heterocycles. The topological polar surface area (TPSA) is 58.2 Å². The first-order chi connectivity index (χ1) is 21.6. The van der Waals surface area contributed by atoms with Crippen molar-refractivity contribution in [1.29, 1.82) is 0 Å². The molecule has 1 aliphatic rings. The van der Waals surface area contributed by atoms with Crippen LogP contribution in [-0.2, 0) is 12.8 Å². The van der Waals surface area contributed by atoms with Gasteiger partial charge in [-0.2, -0.15) is 0 Å². The third kappa shape index (κ3) is 8.83. The fourth-order valence-corrected chi connectivity index (χ4v) is 6.58. The molecule has 0 aliphatic heterocycles. The molecule has 2 N–H and O–H groups in total. The van der Waals surface area contributed by atoms with Crippen molar-refractivity contribution >= 4 is 28.6 Å². The molecule has 0 spiro atoms. The Balaban J connectivity index is 1.52. The molecule has 236 valence electrons. The quantitative estimate of drug-likeness (QED) is 0.0999. The minimum Gasteiger partial charge on any atom is -0.387 e. The molecule has 3 aromatic rings. The maximum atomic E-state index is 13.9. The lowest BCUT2D eigenvalue weighted by molar-refractivity contribution is 0.0980. The highest BCUT2D eigenvalue weighted by Crippen LogP contribution is 2.40. The van der Waals surface area contributed by atoms with Gasteiger partial charge in [0.15, 0.2) is 11.6 Å². The Bertz CT molecular complexity index is 1360. The Morgan fingerprint density at radius 1 is 0.568 bits per heavy atom. The van der Waals surface area contributed by atoms with Crippen molar-refractivity contribution in [2.24, 2.45) is 0 Å². The summed E-state index contributed by atoms with van der Waals surface area (Å²) in [6, 6.07) is 17.9. The summed E-state index contributed by atoms with van der Waals surface area (Å²) in [5.74, 6) is -0.172. The van der Waals surface area contributed by atoms with Crippen molar-refractivity contribution in [3.05, 3.63) is 88.0 Å². The number of nitrogens with one attached hydrogen (secondary N) is 2. The van der Waals surface area contributed by atoms with Gasteiger partial charge in [-0.25, -0.2) is 0 Å². The van der Waals surface area contributed by atoms with E-state index in [2.05, 4.69) is 54.8 Å².